The van der Waals surface area contributed by atoms with E-state index in [4.69, 9.17) is 4.74 Å². The molecule has 7 nitrogen and oxygen atoms in total. The molecule has 1 fully saturated rings. The zero-order valence-electron chi connectivity index (χ0n) is 14.9. The van der Waals surface area contributed by atoms with Gasteiger partial charge in [0.1, 0.15) is 10.6 Å². The minimum atomic E-state index is -3.68. The van der Waals surface area contributed by atoms with E-state index in [0.29, 0.717) is 44.8 Å². The lowest BCUT2D eigenvalue weighted by Gasteiger charge is -2.30. The molecule has 25 heavy (non-hydrogen) atoms. The minimum absolute atomic E-state index is 0.119. The first-order valence-corrected chi connectivity index (χ1v) is 11.6. The summed E-state index contributed by atoms with van der Waals surface area (Å²) >= 11 is 0. The van der Waals surface area contributed by atoms with E-state index in [9.17, 15) is 16.8 Å². The van der Waals surface area contributed by atoms with Crippen LogP contribution >= 0.6 is 0 Å². The number of hydrogen-bond donors (Lipinski definition) is 1. The molecule has 0 saturated carbocycles. The van der Waals surface area contributed by atoms with Gasteiger partial charge in [-0.25, -0.2) is 25.9 Å². The fraction of sp³-hybridized carbons (Fsp3) is 0.625. The van der Waals surface area contributed by atoms with Crippen LogP contribution in [0, 0.1) is 12.8 Å². The molecule has 0 spiro atoms. The number of sulfonamides is 2. The molecule has 1 aromatic rings. The monoisotopic (exact) mass is 390 g/mol. The minimum Gasteiger partial charge on any atom is -0.492 e. The van der Waals surface area contributed by atoms with Crippen molar-refractivity contribution in [2.24, 2.45) is 5.92 Å². The Morgan fingerprint density at radius 3 is 2.40 bits per heavy atom. The lowest BCUT2D eigenvalue weighted by Crippen LogP contribution is -2.41. The Labute approximate surface area is 150 Å². The molecule has 1 N–H and O–H groups in total. The number of aryl methyl sites for hydroxylation is 1. The van der Waals surface area contributed by atoms with Crippen molar-refractivity contribution in [3.8, 4) is 5.75 Å². The van der Waals surface area contributed by atoms with E-state index in [1.807, 2.05) is 13.0 Å². The third-order valence-electron chi connectivity index (χ3n) is 4.29. The van der Waals surface area contributed by atoms with Crippen molar-refractivity contribution < 1.29 is 21.6 Å². The molecule has 142 valence electrons. The van der Waals surface area contributed by atoms with Crippen LogP contribution < -0.4 is 9.46 Å². The summed E-state index contributed by atoms with van der Waals surface area (Å²) in [5.41, 5.74) is 0.838. The quantitative estimate of drug-likeness (QED) is 0.758. The summed E-state index contributed by atoms with van der Waals surface area (Å²) in [5, 5.41) is 0. The van der Waals surface area contributed by atoms with Gasteiger partial charge < -0.3 is 4.74 Å². The molecule has 9 heteroatoms. The number of nitrogens with zero attached hydrogens (tertiary/aromatic N) is 1. The number of ether oxygens (including phenoxy) is 1. The highest BCUT2D eigenvalue weighted by Crippen LogP contribution is 2.26. The fourth-order valence-electron chi connectivity index (χ4n) is 2.85. The normalized spacial score (nSPS) is 17.6. The van der Waals surface area contributed by atoms with Gasteiger partial charge >= 0.3 is 0 Å². The first kappa shape index (κ1) is 20.2. The summed E-state index contributed by atoms with van der Waals surface area (Å²) in [6.45, 7) is 5.17. The highest BCUT2D eigenvalue weighted by atomic mass is 32.2. The molecule has 1 saturated heterocycles. The predicted octanol–water partition coefficient (Wildman–Crippen LogP) is 1.34. The van der Waals surface area contributed by atoms with Crippen molar-refractivity contribution >= 4 is 20.0 Å². The van der Waals surface area contributed by atoms with Crippen molar-refractivity contribution in [1.82, 2.24) is 9.03 Å². The molecule has 2 rings (SSSR count). The van der Waals surface area contributed by atoms with Crippen LogP contribution in [0.25, 0.3) is 0 Å². The topological polar surface area (TPSA) is 92.8 Å². The highest BCUT2D eigenvalue weighted by molar-refractivity contribution is 7.89. The average molecular weight is 391 g/mol. The van der Waals surface area contributed by atoms with Crippen LogP contribution in [0.15, 0.2) is 23.1 Å². The van der Waals surface area contributed by atoms with Crippen LogP contribution in [0.3, 0.4) is 0 Å². The summed E-state index contributed by atoms with van der Waals surface area (Å²) in [7, 11) is -6.86. The Balaban J connectivity index is 2.02. The zero-order chi connectivity index (χ0) is 18.7. The number of piperidine rings is 1. The van der Waals surface area contributed by atoms with Gasteiger partial charge in [-0.05, 0) is 50.3 Å². The van der Waals surface area contributed by atoms with Gasteiger partial charge in [-0.3, -0.25) is 0 Å². The summed E-state index contributed by atoms with van der Waals surface area (Å²) in [6.07, 6.45) is 2.48. The summed E-state index contributed by atoms with van der Waals surface area (Å²) in [6, 6.07) is 5.07. The van der Waals surface area contributed by atoms with E-state index in [2.05, 4.69) is 4.72 Å². The summed E-state index contributed by atoms with van der Waals surface area (Å²) in [4.78, 5) is 0.142. The molecule has 0 bridgehead atoms. The van der Waals surface area contributed by atoms with Gasteiger partial charge in [0.25, 0.3) is 0 Å². The SMILES string of the molecule is CCOc1ccc(C)cc1S(=O)(=O)NCC1CCN(S(C)(=O)=O)CC1. The Hall–Kier alpha value is -1.16. The van der Waals surface area contributed by atoms with E-state index in [1.165, 1.54) is 10.6 Å². The van der Waals surface area contributed by atoms with E-state index in [1.54, 1.807) is 19.1 Å². The number of nitrogens with one attached hydrogen (secondary N) is 1. The van der Waals surface area contributed by atoms with Crippen LogP contribution in [0.2, 0.25) is 0 Å². The first-order chi connectivity index (χ1) is 11.6. The van der Waals surface area contributed by atoms with Gasteiger partial charge in [0.05, 0.1) is 12.9 Å². The maximum absolute atomic E-state index is 12.6. The fourth-order valence-corrected chi connectivity index (χ4v) is 5.07. The zero-order valence-corrected chi connectivity index (χ0v) is 16.5. The predicted molar refractivity (Wildman–Crippen MR) is 96.7 cm³/mol. The summed E-state index contributed by atoms with van der Waals surface area (Å²) < 4.78 is 57.9. The Kier molecular flexibility index (Phi) is 6.47. The van der Waals surface area contributed by atoms with E-state index in [0.717, 1.165) is 5.56 Å². The molecule has 0 atom stereocenters. The Morgan fingerprint density at radius 2 is 1.84 bits per heavy atom. The average Bonchev–Trinajstić information content (AvgIpc) is 2.54. The van der Waals surface area contributed by atoms with Crippen molar-refractivity contribution in [2.45, 2.75) is 31.6 Å². The lowest BCUT2D eigenvalue weighted by molar-refractivity contribution is 0.275. The molecule has 1 heterocycles. The van der Waals surface area contributed by atoms with E-state index >= 15 is 0 Å². The standard InChI is InChI=1S/C16H26N2O5S2/c1-4-23-15-6-5-13(2)11-16(15)25(21,22)17-12-14-7-9-18(10-8-14)24(3,19)20/h5-6,11,14,17H,4,7-10,12H2,1-3H3. The van der Waals surface area contributed by atoms with Crippen LogP contribution in [-0.2, 0) is 20.0 Å². The molecule has 0 aliphatic carbocycles. The van der Waals surface area contributed by atoms with Gasteiger partial charge in [-0.1, -0.05) is 6.07 Å². The van der Waals surface area contributed by atoms with Crippen molar-refractivity contribution in [2.75, 3.05) is 32.5 Å². The maximum Gasteiger partial charge on any atom is 0.244 e. The van der Waals surface area contributed by atoms with E-state index in [-0.39, 0.29) is 10.8 Å². The molecule has 0 aromatic heterocycles. The van der Waals surface area contributed by atoms with Crippen molar-refractivity contribution in [3.63, 3.8) is 0 Å². The Morgan fingerprint density at radius 1 is 1.20 bits per heavy atom. The van der Waals surface area contributed by atoms with Crippen molar-refractivity contribution in [3.05, 3.63) is 23.8 Å². The molecule has 1 aliphatic heterocycles. The second-order valence-corrected chi connectivity index (χ2v) is 10.1. The van der Waals surface area contributed by atoms with Gasteiger partial charge in [0, 0.05) is 19.6 Å². The van der Waals surface area contributed by atoms with Crippen LogP contribution in [0.1, 0.15) is 25.3 Å². The highest BCUT2D eigenvalue weighted by Gasteiger charge is 2.27. The third kappa shape index (κ3) is 5.40. The first-order valence-electron chi connectivity index (χ1n) is 8.31. The smallest absolute Gasteiger partial charge is 0.244 e. The molecular weight excluding hydrogens is 364 g/mol. The van der Waals surface area contributed by atoms with Crippen LogP contribution in [0.4, 0.5) is 0 Å². The Bertz CT molecular complexity index is 798. The van der Waals surface area contributed by atoms with Gasteiger partial charge in [-0.2, -0.15) is 0 Å². The van der Waals surface area contributed by atoms with Crippen molar-refractivity contribution in [1.29, 1.82) is 0 Å². The largest absolute Gasteiger partial charge is 0.492 e. The lowest BCUT2D eigenvalue weighted by atomic mass is 9.99. The van der Waals surface area contributed by atoms with Crippen LogP contribution in [-0.4, -0.2) is 53.6 Å². The third-order valence-corrected chi connectivity index (χ3v) is 7.04. The molecule has 0 amide bonds. The number of benzene rings is 1. The van der Waals surface area contributed by atoms with Gasteiger partial charge in [0.15, 0.2) is 0 Å². The second kappa shape index (κ2) is 8.03. The van der Waals surface area contributed by atoms with E-state index < -0.39 is 20.0 Å². The van der Waals surface area contributed by atoms with Gasteiger partial charge in [-0.15, -0.1) is 0 Å². The maximum atomic E-state index is 12.6. The van der Waals surface area contributed by atoms with Crippen LogP contribution in [0.5, 0.6) is 5.75 Å². The molecule has 1 aromatic carbocycles. The summed E-state index contributed by atoms with van der Waals surface area (Å²) in [5.74, 6) is 0.459. The molecule has 1 aliphatic rings. The number of hydrogen-bond acceptors (Lipinski definition) is 5. The second-order valence-electron chi connectivity index (χ2n) is 6.34. The molecule has 0 unspecified atom stereocenters. The molecule has 0 radical (unpaired) electrons. The van der Waals surface area contributed by atoms with Gasteiger partial charge in [0.2, 0.25) is 20.0 Å². The molecular formula is C16H26N2O5S2. The number of rotatable bonds is 7.